The summed E-state index contributed by atoms with van der Waals surface area (Å²) in [7, 11) is 0. The van der Waals surface area contributed by atoms with Crippen LogP contribution in [0.3, 0.4) is 0 Å². The van der Waals surface area contributed by atoms with Gasteiger partial charge in [-0.1, -0.05) is 131 Å². The maximum atomic E-state index is 12.3. The van der Waals surface area contributed by atoms with Crippen molar-refractivity contribution in [2.75, 3.05) is 13.2 Å². The van der Waals surface area contributed by atoms with Crippen LogP contribution in [0.5, 0.6) is 0 Å². The molecule has 0 bridgehead atoms. The molecule has 0 amide bonds. The van der Waals surface area contributed by atoms with Crippen molar-refractivity contribution < 1.29 is 19.1 Å². The number of rotatable bonds is 27. The SMILES string of the molecule is CCCCC(CC)COC(=O)CCCCCCCCCCCC(CC)CC(=O)OCC(CC)CCCC. The highest BCUT2D eigenvalue weighted by molar-refractivity contribution is 5.69. The number of unbranched alkanes of at least 4 members (excludes halogenated alkanes) is 10. The zero-order valence-electron chi connectivity index (χ0n) is 25.6. The second kappa shape index (κ2) is 26.5. The first-order chi connectivity index (χ1) is 18.0. The van der Waals surface area contributed by atoms with Crippen molar-refractivity contribution in [2.45, 2.75) is 169 Å². The molecule has 0 saturated heterocycles. The van der Waals surface area contributed by atoms with E-state index in [-0.39, 0.29) is 11.9 Å². The highest BCUT2D eigenvalue weighted by Gasteiger charge is 2.15. The Balaban J connectivity index is 3.66. The van der Waals surface area contributed by atoms with Crippen LogP contribution in [0.1, 0.15) is 169 Å². The molecule has 0 aliphatic carbocycles. The maximum Gasteiger partial charge on any atom is 0.306 e. The zero-order chi connectivity index (χ0) is 27.6. The van der Waals surface area contributed by atoms with Gasteiger partial charge in [-0.3, -0.25) is 9.59 Å². The van der Waals surface area contributed by atoms with Gasteiger partial charge in [-0.25, -0.2) is 0 Å². The fourth-order valence-electron chi connectivity index (χ4n) is 4.97. The van der Waals surface area contributed by atoms with Gasteiger partial charge in [0.25, 0.3) is 0 Å². The second-order valence-corrected chi connectivity index (χ2v) is 11.4. The Kier molecular flexibility index (Phi) is 25.8. The summed E-state index contributed by atoms with van der Waals surface area (Å²) in [5.41, 5.74) is 0. The Morgan fingerprint density at radius 1 is 0.486 bits per heavy atom. The average Bonchev–Trinajstić information content (AvgIpc) is 2.91. The summed E-state index contributed by atoms with van der Waals surface area (Å²) in [5, 5.41) is 0. The molecule has 3 atom stereocenters. The number of esters is 2. The number of carbonyl (C=O) groups is 2. The average molecular weight is 525 g/mol. The molecule has 0 fully saturated rings. The maximum absolute atomic E-state index is 12.3. The van der Waals surface area contributed by atoms with Gasteiger partial charge in [0.05, 0.1) is 13.2 Å². The third kappa shape index (κ3) is 22.6. The van der Waals surface area contributed by atoms with Gasteiger partial charge in [-0.2, -0.15) is 0 Å². The van der Waals surface area contributed by atoms with Crippen LogP contribution in [0.25, 0.3) is 0 Å². The van der Waals surface area contributed by atoms with E-state index in [9.17, 15) is 9.59 Å². The zero-order valence-corrected chi connectivity index (χ0v) is 25.6. The normalized spacial score (nSPS) is 13.8. The van der Waals surface area contributed by atoms with Crippen molar-refractivity contribution >= 4 is 11.9 Å². The molecule has 4 heteroatoms. The van der Waals surface area contributed by atoms with Gasteiger partial charge in [-0.05, 0) is 43.4 Å². The van der Waals surface area contributed by atoms with E-state index in [1.54, 1.807) is 0 Å². The lowest BCUT2D eigenvalue weighted by Gasteiger charge is -2.17. The number of ether oxygens (including phenoxy) is 2. The highest BCUT2D eigenvalue weighted by Crippen LogP contribution is 2.20. The lowest BCUT2D eigenvalue weighted by atomic mass is 9.94. The van der Waals surface area contributed by atoms with Crippen LogP contribution < -0.4 is 0 Å². The number of carbonyl (C=O) groups excluding carboxylic acids is 2. The van der Waals surface area contributed by atoms with E-state index in [4.69, 9.17) is 9.47 Å². The minimum Gasteiger partial charge on any atom is -0.465 e. The predicted octanol–water partition coefficient (Wildman–Crippen LogP) is 10.2. The Morgan fingerprint density at radius 3 is 1.35 bits per heavy atom. The van der Waals surface area contributed by atoms with E-state index in [0.717, 1.165) is 38.5 Å². The van der Waals surface area contributed by atoms with Crippen LogP contribution in [-0.2, 0) is 19.1 Å². The van der Waals surface area contributed by atoms with Gasteiger partial charge >= 0.3 is 11.9 Å². The molecule has 3 unspecified atom stereocenters. The molecular weight excluding hydrogens is 460 g/mol. The molecule has 0 aromatic heterocycles. The fraction of sp³-hybridized carbons (Fsp3) is 0.939. The summed E-state index contributed by atoms with van der Waals surface area (Å²) in [5.74, 6) is 1.53. The molecular formula is C33H64O4. The number of hydrogen-bond acceptors (Lipinski definition) is 4. The van der Waals surface area contributed by atoms with E-state index in [2.05, 4.69) is 34.6 Å². The quantitative estimate of drug-likeness (QED) is 0.0792. The van der Waals surface area contributed by atoms with Crippen molar-refractivity contribution in [3.05, 3.63) is 0 Å². The lowest BCUT2D eigenvalue weighted by molar-refractivity contribution is -0.146. The van der Waals surface area contributed by atoms with Crippen LogP contribution in [0, 0.1) is 17.8 Å². The first kappa shape index (κ1) is 35.9. The van der Waals surface area contributed by atoms with Crippen molar-refractivity contribution in [1.82, 2.24) is 0 Å². The molecule has 0 N–H and O–H groups in total. The highest BCUT2D eigenvalue weighted by atomic mass is 16.5. The van der Waals surface area contributed by atoms with Gasteiger partial charge in [0.15, 0.2) is 0 Å². The molecule has 0 spiro atoms. The third-order valence-corrected chi connectivity index (χ3v) is 8.07. The fourth-order valence-corrected chi connectivity index (χ4v) is 4.97. The lowest BCUT2D eigenvalue weighted by Crippen LogP contribution is -2.16. The van der Waals surface area contributed by atoms with E-state index in [1.165, 1.54) is 83.5 Å². The molecule has 220 valence electrons. The van der Waals surface area contributed by atoms with E-state index in [0.29, 0.717) is 43.8 Å². The minimum atomic E-state index is -0.00859. The number of hydrogen-bond donors (Lipinski definition) is 0. The predicted molar refractivity (Wildman–Crippen MR) is 158 cm³/mol. The van der Waals surface area contributed by atoms with Gasteiger partial charge in [0.2, 0.25) is 0 Å². The Hall–Kier alpha value is -1.06. The second-order valence-electron chi connectivity index (χ2n) is 11.4. The van der Waals surface area contributed by atoms with Crippen molar-refractivity contribution in [3.8, 4) is 0 Å². The van der Waals surface area contributed by atoms with Gasteiger partial charge in [-0.15, -0.1) is 0 Å². The summed E-state index contributed by atoms with van der Waals surface area (Å²) in [6.45, 7) is 12.2. The minimum absolute atomic E-state index is 0.00666. The van der Waals surface area contributed by atoms with Crippen LogP contribution in [-0.4, -0.2) is 25.2 Å². The van der Waals surface area contributed by atoms with E-state index in [1.807, 2.05) is 0 Å². The molecule has 0 heterocycles. The van der Waals surface area contributed by atoms with Crippen LogP contribution >= 0.6 is 0 Å². The molecule has 0 aliphatic rings. The first-order valence-electron chi connectivity index (χ1n) is 16.3. The van der Waals surface area contributed by atoms with Gasteiger partial charge in [0.1, 0.15) is 0 Å². The van der Waals surface area contributed by atoms with E-state index >= 15 is 0 Å². The summed E-state index contributed by atoms with van der Waals surface area (Å²) < 4.78 is 11.1. The standard InChI is InChI=1S/C33H64O4/c1-6-11-22-30(9-4)27-36-32(34)25-21-19-17-15-13-14-16-18-20-24-29(8-3)26-33(35)37-28-31(10-5)23-12-7-2/h29-31H,6-28H2,1-5H3. The monoisotopic (exact) mass is 524 g/mol. The summed E-state index contributed by atoms with van der Waals surface area (Å²) in [6, 6.07) is 0. The smallest absolute Gasteiger partial charge is 0.306 e. The molecule has 0 aromatic rings. The third-order valence-electron chi connectivity index (χ3n) is 8.07. The summed E-state index contributed by atoms with van der Waals surface area (Å²) in [4.78, 5) is 24.2. The molecule has 0 aliphatic heterocycles. The summed E-state index contributed by atoms with van der Waals surface area (Å²) in [6.07, 6.45) is 23.7. The first-order valence-corrected chi connectivity index (χ1v) is 16.3. The Labute approximate surface area is 231 Å². The molecule has 0 saturated carbocycles. The molecule has 4 nitrogen and oxygen atoms in total. The van der Waals surface area contributed by atoms with Gasteiger partial charge in [0, 0.05) is 12.8 Å². The molecule has 37 heavy (non-hydrogen) atoms. The van der Waals surface area contributed by atoms with Crippen molar-refractivity contribution in [3.63, 3.8) is 0 Å². The van der Waals surface area contributed by atoms with Crippen molar-refractivity contribution in [2.24, 2.45) is 17.8 Å². The van der Waals surface area contributed by atoms with Crippen LogP contribution in [0.15, 0.2) is 0 Å². The topological polar surface area (TPSA) is 52.6 Å². The summed E-state index contributed by atoms with van der Waals surface area (Å²) >= 11 is 0. The molecule has 0 aromatic carbocycles. The van der Waals surface area contributed by atoms with Crippen LogP contribution in [0.2, 0.25) is 0 Å². The van der Waals surface area contributed by atoms with Crippen molar-refractivity contribution in [1.29, 1.82) is 0 Å². The van der Waals surface area contributed by atoms with Gasteiger partial charge < -0.3 is 9.47 Å². The van der Waals surface area contributed by atoms with E-state index < -0.39 is 0 Å². The Morgan fingerprint density at radius 2 is 0.892 bits per heavy atom. The van der Waals surface area contributed by atoms with Crippen LogP contribution in [0.4, 0.5) is 0 Å². The molecule has 0 rings (SSSR count). The Bertz CT molecular complexity index is 518. The largest absolute Gasteiger partial charge is 0.465 e. The molecule has 0 radical (unpaired) electrons.